The smallest absolute Gasteiger partial charge is 0.252 e. The quantitative estimate of drug-likeness (QED) is 0.890. The van der Waals surface area contributed by atoms with Gasteiger partial charge in [-0.05, 0) is 25.6 Å². The summed E-state index contributed by atoms with van der Waals surface area (Å²) in [5.41, 5.74) is 0. The summed E-state index contributed by atoms with van der Waals surface area (Å²) < 4.78 is 32.3. The van der Waals surface area contributed by atoms with Crippen molar-refractivity contribution < 1.29 is 13.2 Å². The first-order valence-corrected chi connectivity index (χ1v) is 8.70. The Morgan fingerprint density at radius 1 is 1.53 bits per heavy atom. The summed E-state index contributed by atoms with van der Waals surface area (Å²) in [5.74, 6) is 0. The molecule has 19 heavy (non-hydrogen) atoms. The van der Waals surface area contributed by atoms with Gasteiger partial charge in [0.2, 0.25) is 0 Å². The van der Waals surface area contributed by atoms with E-state index >= 15 is 0 Å². The number of sulfonamides is 1. The molecule has 1 aliphatic heterocycles. The molecule has 0 aliphatic carbocycles. The predicted octanol–water partition coefficient (Wildman–Crippen LogP) is 1.27. The van der Waals surface area contributed by atoms with E-state index in [-0.39, 0.29) is 6.04 Å². The number of nitrogens with zero attached hydrogens (tertiary/aromatic N) is 1. The van der Waals surface area contributed by atoms with Crippen LogP contribution < -0.4 is 5.32 Å². The summed E-state index contributed by atoms with van der Waals surface area (Å²) in [6.45, 7) is 6.87. The van der Waals surface area contributed by atoms with Crippen molar-refractivity contribution in [2.24, 2.45) is 0 Å². The van der Waals surface area contributed by atoms with Crippen LogP contribution in [0.25, 0.3) is 0 Å². The van der Waals surface area contributed by atoms with Crippen LogP contribution in [0, 0.1) is 0 Å². The highest BCUT2D eigenvalue weighted by molar-refractivity contribution is 7.91. The first kappa shape index (κ1) is 14.9. The van der Waals surface area contributed by atoms with E-state index in [0.29, 0.717) is 24.0 Å². The molecule has 1 aromatic heterocycles. The minimum Gasteiger partial charge on any atom is -0.378 e. The van der Waals surface area contributed by atoms with Crippen molar-refractivity contribution in [1.82, 2.24) is 9.62 Å². The van der Waals surface area contributed by atoms with Crippen LogP contribution in [0.3, 0.4) is 0 Å². The van der Waals surface area contributed by atoms with Crippen molar-refractivity contribution in [3.8, 4) is 0 Å². The zero-order valence-electron chi connectivity index (χ0n) is 11.3. The van der Waals surface area contributed by atoms with E-state index in [0.717, 1.165) is 18.0 Å². The van der Waals surface area contributed by atoms with Crippen molar-refractivity contribution >= 4 is 21.4 Å². The van der Waals surface area contributed by atoms with Gasteiger partial charge in [-0.15, -0.1) is 11.3 Å². The minimum absolute atomic E-state index is 0.0990. The number of rotatable bonds is 5. The fraction of sp³-hybridized carbons (Fsp3) is 0.667. The SMILES string of the molecule is CCNCc1ccc(S(=O)(=O)N2CCOCC2C)s1. The number of hydrogen-bond donors (Lipinski definition) is 1. The van der Waals surface area contributed by atoms with E-state index in [4.69, 9.17) is 4.74 Å². The maximum absolute atomic E-state index is 12.5. The highest BCUT2D eigenvalue weighted by Crippen LogP contribution is 2.27. The molecule has 0 saturated carbocycles. The summed E-state index contributed by atoms with van der Waals surface area (Å²) in [4.78, 5) is 1.04. The van der Waals surface area contributed by atoms with Crippen LogP contribution in [-0.4, -0.2) is 45.1 Å². The third-order valence-corrected chi connectivity index (χ3v) is 6.62. The second kappa shape index (κ2) is 6.32. The topological polar surface area (TPSA) is 58.6 Å². The third-order valence-electron chi connectivity index (χ3n) is 3.06. The Labute approximate surface area is 118 Å². The van der Waals surface area contributed by atoms with Crippen molar-refractivity contribution in [1.29, 1.82) is 0 Å². The van der Waals surface area contributed by atoms with Crippen LogP contribution in [0.5, 0.6) is 0 Å². The largest absolute Gasteiger partial charge is 0.378 e. The molecule has 0 amide bonds. The molecule has 0 aromatic carbocycles. The second-order valence-electron chi connectivity index (χ2n) is 4.54. The lowest BCUT2D eigenvalue weighted by Crippen LogP contribution is -2.46. The van der Waals surface area contributed by atoms with Crippen LogP contribution in [0.15, 0.2) is 16.3 Å². The van der Waals surface area contributed by atoms with Crippen molar-refractivity contribution in [2.45, 2.75) is 30.6 Å². The Morgan fingerprint density at radius 2 is 2.32 bits per heavy atom. The molecule has 1 atom stereocenters. The molecule has 2 rings (SSSR count). The Bertz CT molecular complexity index is 513. The number of thiophene rings is 1. The van der Waals surface area contributed by atoms with E-state index < -0.39 is 10.0 Å². The van der Waals surface area contributed by atoms with E-state index in [1.165, 1.54) is 11.3 Å². The lowest BCUT2D eigenvalue weighted by atomic mass is 10.3. The summed E-state index contributed by atoms with van der Waals surface area (Å²) in [7, 11) is -3.37. The predicted molar refractivity (Wildman–Crippen MR) is 75.9 cm³/mol. The molecule has 1 fully saturated rings. The van der Waals surface area contributed by atoms with Crippen molar-refractivity contribution in [2.75, 3.05) is 26.3 Å². The van der Waals surface area contributed by atoms with Crippen LogP contribution >= 0.6 is 11.3 Å². The van der Waals surface area contributed by atoms with Crippen molar-refractivity contribution in [3.05, 3.63) is 17.0 Å². The zero-order chi connectivity index (χ0) is 13.9. The number of morpholine rings is 1. The molecule has 5 nitrogen and oxygen atoms in total. The molecule has 2 heterocycles. The second-order valence-corrected chi connectivity index (χ2v) is 7.83. The molecule has 0 radical (unpaired) electrons. The van der Waals surface area contributed by atoms with Gasteiger partial charge in [-0.2, -0.15) is 4.31 Å². The monoisotopic (exact) mass is 304 g/mol. The highest BCUT2D eigenvalue weighted by Gasteiger charge is 2.32. The van der Waals surface area contributed by atoms with Gasteiger partial charge in [-0.3, -0.25) is 0 Å². The molecule has 1 aliphatic rings. The fourth-order valence-corrected chi connectivity index (χ4v) is 5.08. The molecule has 1 aromatic rings. The summed E-state index contributed by atoms with van der Waals surface area (Å²) in [6, 6.07) is 3.48. The lowest BCUT2D eigenvalue weighted by molar-refractivity contribution is 0.0393. The first-order valence-electron chi connectivity index (χ1n) is 6.44. The molecular formula is C12H20N2O3S2. The molecule has 1 saturated heterocycles. The summed E-state index contributed by atoms with van der Waals surface area (Å²) in [6.07, 6.45) is 0. The van der Waals surface area contributed by atoms with E-state index in [1.807, 2.05) is 19.9 Å². The zero-order valence-corrected chi connectivity index (χ0v) is 12.9. The van der Waals surface area contributed by atoms with Gasteiger partial charge in [-0.1, -0.05) is 6.92 Å². The maximum atomic E-state index is 12.5. The van der Waals surface area contributed by atoms with Gasteiger partial charge in [0.1, 0.15) is 4.21 Å². The van der Waals surface area contributed by atoms with Gasteiger partial charge in [0.15, 0.2) is 0 Å². The average molecular weight is 304 g/mol. The van der Waals surface area contributed by atoms with Gasteiger partial charge < -0.3 is 10.1 Å². The van der Waals surface area contributed by atoms with Gasteiger partial charge >= 0.3 is 0 Å². The lowest BCUT2D eigenvalue weighted by Gasteiger charge is -2.31. The molecule has 1 N–H and O–H groups in total. The van der Waals surface area contributed by atoms with Crippen LogP contribution in [-0.2, 0) is 21.3 Å². The Morgan fingerprint density at radius 3 is 3.00 bits per heavy atom. The standard InChI is InChI=1S/C12H20N2O3S2/c1-3-13-8-11-4-5-12(18-11)19(15,16)14-6-7-17-9-10(14)2/h4-5,10,13H,3,6-9H2,1-2H3. The molecular weight excluding hydrogens is 284 g/mol. The van der Waals surface area contributed by atoms with Crippen LogP contribution in [0.4, 0.5) is 0 Å². The van der Waals surface area contributed by atoms with E-state index in [1.54, 1.807) is 10.4 Å². The van der Waals surface area contributed by atoms with Gasteiger partial charge in [0, 0.05) is 24.0 Å². The van der Waals surface area contributed by atoms with Gasteiger partial charge in [0.25, 0.3) is 10.0 Å². The van der Waals surface area contributed by atoms with Gasteiger partial charge in [0.05, 0.1) is 13.2 Å². The van der Waals surface area contributed by atoms with E-state index in [9.17, 15) is 8.42 Å². The molecule has 108 valence electrons. The van der Waals surface area contributed by atoms with Crippen molar-refractivity contribution in [3.63, 3.8) is 0 Å². The molecule has 7 heteroatoms. The summed E-state index contributed by atoms with van der Waals surface area (Å²) >= 11 is 1.34. The minimum atomic E-state index is -3.37. The van der Waals surface area contributed by atoms with E-state index in [2.05, 4.69) is 5.32 Å². The highest BCUT2D eigenvalue weighted by atomic mass is 32.2. The van der Waals surface area contributed by atoms with Gasteiger partial charge in [-0.25, -0.2) is 8.42 Å². The first-order chi connectivity index (χ1) is 9.05. The van der Waals surface area contributed by atoms with Crippen LogP contribution in [0.2, 0.25) is 0 Å². The fourth-order valence-electron chi connectivity index (χ4n) is 2.02. The Hall–Kier alpha value is -0.470. The Balaban J connectivity index is 2.16. The normalized spacial score (nSPS) is 21.7. The molecule has 1 unspecified atom stereocenters. The molecule has 0 bridgehead atoms. The summed E-state index contributed by atoms with van der Waals surface area (Å²) in [5, 5.41) is 3.20. The van der Waals surface area contributed by atoms with Crippen LogP contribution in [0.1, 0.15) is 18.7 Å². The maximum Gasteiger partial charge on any atom is 0.252 e. The number of hydrogen-bond acceptors (Lipinski definition) is 5. The Kier molecular flexibility index (Phi) is 4.97. The molecule has 0 spiro atoms. The average Bonchev–Trinajstić information content (AvgIpc) is 2.86. The number of ether oxygens (including phenoxy) is 1. The number of nitrogens with one attached hydrogen (secondary N) is 1. The third kappa shape index (κ3) is 3.35.